The molecule has 0 bridgehead atoms. The molecule has 1 saturated heterocycles. The normalized spacial score (nSPS) is 16.8. The molecule has 1 aromatic carbocycles. The van der Waals surface area contributed by atoms with Crippen LogP contribution in [0.2, 0.25) is 0 Å². The molecule has 0 aliphatic carbocycles. The van der Waals surface area contributed by atoms with Crippen molar-refractivity contribution in [1.82, 2.24) is 20.4 Å². The van der Waals surface area contributed by atoms with Gasteiger partial charge in [0.25, 0.3) is 0 Å². The van der Waals surface area contributed by atoms with Gasteiger partial charge in [-0.15, -0.1) is 11.3 Å². The van der Waals surface area contributed by atoms with Crippen molar-refractivity contribution in [2.75, 3.05) is 26.2 Å². The predicted molar refractivity (Wildman–Crippen MR) is 129 cm³/mol. The molecular weight excluding hydrogens is 436 g/mol. The van der Waals surface area contributed by atoms with Crippen molar-refractivity contribution >= 4 is 23.2 Å². The number of carbonyl (C=O) groups is 2. The van der Waals surface area contributed by atoms with Gasteiger partial charge in [0.2, 0.25) is 0 Å². The summed E-state index contributed by atoms with van der Waals surface area (Å²) in [4.78, 5) is 30.9. The Morgan fingerprint density at radius 3 is 2.45 bits per heavy atom. The molecule has 0 saturated carbocycles. The number of piperazine rings is 1. The van der Waals surface area contributed by atoms with Crippen LogP contribution in [0.15, 0.2) is 70.7 Å². The highest BCUT2D eigenvalue weighted by atomic mass is 32.1. The van der Waals surface area contributed by atoms with Crippen LogP contribution in [-0.4, -0.2) is 53.8 Å². The van der Waals surface area contributed by atoms with Gasteiger partial charge in [0, 0.05) is 43.6 Å². The molecule has 4 rings (SSSR count). The number of amides is 2. The van der Waals surface area contributed by atoms with Crippen molar-refractivity contribution in [3.8, 4) is 0 Å². The fourth-order valence-electron chi connectivity index (χ4n) is 4.26. The Morgan fingerprint density at radius 1 is 1.00 bits per heavy atom. The average Bonchev–Trinajstić information content (AvgIpc) is 3.54. The quantitative estimate of drug-likeness (QED) is 0.499. The van der Waals surface area contributed by atoms with Gasteiger partial charge < -0.3 is 15.1 Å². The molecule has 2 N–H and O–H groups in total. The Labute approximate surface area is 198 Å². The highest BCUT2D eigenvalue weighted by Gasteiger charge is 2.31. The Balaban J connectivity index is 1.34. The molecule has 33 heavy (non-hydrogen) atoms. The first-order chi connectivity index (χ1) is 16.1. The zero-order chi connectivity index (χ0) is 23.0. The van der Waals surface area contributed by atoms with Gasteiger partial charge in [-0.05, 0) is 36.1 Å². The summed E-state index contributed by atoms with van der Waals surface area (Å²) in [6.45, 7) is 6.83. The zero-order valence-corrected chi connectivity index (χ0v) is 19.6. The molecule has 1 fully saturated rings. The van der Waals surface area contributed by atoms with Crippen molar-refractivity contribution in [3.63, 3.8) is 0 Å². The summed E-state index contributed by atoms with van der Waals surface area (Å²) in [7, 11) is 0. The summed E-state index contributed by atoms with van der Waals surface area (Å²) in [6, 6.07) is 18.0. The molecular formula is C25H30N4O3S. The van der Waals surface area contributed by atoms with Crippen LogP contribution in [-0.2, 0) is 22.7 Å². The predicted octanol–water partition coefficient (Wildman–Crippen LogP) is 3.02. The van der Waals surface area contributed by atoms with Crippen LogP contribution in [0.1, 0.15) is 29.2 Å². The Bertz CT molecular complexity index is 1000. The number of nitrogens with zero attached hydrogens (tertiary/aromatic N) is 2. The molecule has 2 atom stereocenters. The molecule has 3 aromatic rings. The van der Waals surface area contributed by atoms with Gasteiger partial charge >= 0.3 is 11.8 Å². The third kappa shape index (κ3) is 6.31. The fourth-order valence-corrected chi connectivity index (χ4v) is 5.22. The Hall–Kier alpha value is -2.94. The summed E-state index contributed by atoms with van der Waals surface area (Å²) < 4.78 is 5.20. The van der Waals surface area contributed by atoms with Crippen LogP contribution in [0.4, 0.5) is 0 Å². The van der Waals surface area contributed by atoms with Crippen LogP contribution >= 0.6 is 11.3 Å². The van der Waals surface area contributed by atoms with Crippen LogP contribution < -0.4 is 10.6 Å². The Kier molecular flexibility index (Phi) is 7.93. The molecule has 174 valence electrons. The second-order valence-electron chi connectivity index (χ2n) is 8.28. The van der Waals surface area contributed by atoms with Crippen molar-refractivity contribution < 1.29 is 14.0 Å². The molecule has 1 aliphatic rings. The maximum atomic E-state index is 12.5. The number of rotatable bonds is 8. The lowest BCUT2D eigenvalue weighted by atomic mass is 10.0. The van der Waals surface area contributed by atoms with E-state index in [1.165, 1.54) is 16.7 Å². The van der Waals surface area contributed by atoms with Crippen LogP contribution in [0, 0.1) is 0 Å². The highest BCUT2D eigenvalue weighted by molar-refractivity contribution is 7.10. The van der Waals surface area contributed by atoms with E-state index < -0.39 is 11.8 Å². The van der Waals surface area contributed by atoms with E-state index in [1.807, 2.05) is 19.1 Å². The lowest BCUT2D eigenvalue weighted by molar-refractivity contribution is -0.140. The molecule has 2 aromatic heterocycles. The second kappa shape index (κ2) is 11.3. The van der Waals surface area contributed by atoms with Crippen LogP contribution in [0.25, 0.3) is 0 Å². The van der Waals surface area contributed by atoms with Crippen molar-refractivity contribution in [2.45, 2.75) is 32.1 Å². The van der Waals surface area contributed by atoms with Crippen molar-refractivity contribution in [2.24, 2.45) is 0 Å². The maximum absolute atomic E-state index is 12.5. The number of hydrogen-bond acceptors (Lipinski definition) is 6. The summed E-state index contributed by atoms with van der Waals surface area (Å²) >= 11 is 1.68. The standard InChI is InChI=1S/C25H30N4O3S/c1-19(27-25(31)24(30)26-17-21-9-5-15-32-21)23(22-10-6-16-33-22)29-13-11-28(12-14-29)18-20-7-3-2-4-8-20/h2-10,15-16,19,23H,11-14,17-18H2,1H3,(H,26,30)(H,27,31)/t19-,23+/m1/s1. The molecule has 0 unspecified atom stereocenters. The average molecular weight is 467 g/mol. The van der Waals surface area contributed by atoms with Gasteiger partial charge in [-0.2, -0.15) is 0 Å². The smallest absolute Gasteiger partial charge is 0.309 e. The van der Waals surface area contributed by atoms with Crippen molar-refractivity contribution in [1.29, 1.82) is 0 Å². The summed E-state index contributed by atoms with van der Waals surface area (Å²) in [5.74, 6) is -0.678. The van der Waals surface area contributed by atoms with Gasteiger partial charge in [-0.1, -0.05) is 36.4 Å². The monoisotopic (exact) mass is 466 g/mol. The number of nitrogens with one attached hydrogen (secondary N) is 2. The van der Waals surface area contributed by atoms with E-state index in [9.17, 15) is 9.59 Å². The van der Waals surface area contributed by atoms with E-state index >= 15 is 0 Å². The Morgan fingerprint density at radius 2 is 1.79 bits per heavy atom. The first-order valence-electron chi connectivity index (χ1n) is 11.2. The second-order valence-corrected chi connectivity index (χ2v) is 9.26. The van der Waals surface area contributed by atoms with Gasteiger partial charge in [0.05, 0.1) is 18.8 Å². The summed E-state index contributed by atoms with van der Waals surface area (Å²) in [5.41, 5.74) is 1.32. The van der Waals surface area contributed by atoms with E-state index in [0.717, 1.165) is 32.7 Å². The summed E-state index contributed by atoms with van der Waals surface area (Å²) in [6.07, 6.45) is 1.54. The van der Waals surface area contributed by atoms with Gasteiger partial charge in [-0.25, -0.2) is 0 Å². The number of benzene rings is 1. The third-order valence-corrected chi connectivity index (χ3v) is 6.87. The fraction of sp³-hybridized carbons (Fsp3) is 0.360. The first-order valence-corrected chi connectivity index (χ1v) is 12.1. The maximum Gasteiger partial charge on any atom is 0.309 e. The number of hydrogen-bond donors (Lipinski definition) is 2. The molecule has 8 heteroatoms. The van der Waals surface area contributed by atoms with E-state index in [2.05, 4.69) is 56.1 Å². The molecule has 0 spiro atoms. The van der Waals surface area contributed by atoms with E-state index in [-0.39, 0.29) is 18.6 Å². The minimum absolute atomic E-state index is 0.0192. The van der Waals surface area contributed by atoms with Gasteiger partial charge in [-0.3, -0.25) is 19.4 Å². The zero-order valence-electron chi connectivity index (χ0n) is 18.8. The topological polar surface area (TPSA) is 77.8 Å². The van der Waals surface area contributed by atoms with Crippen molar-refractivity contribution in [3.05, 3.63) is 82.4 Å². The van der Waals surface area contributed by atoms with E-state index in [4.69, 9.17) is 4.42 Å². The van der Waals surface area contributed by atoms with Gasteiger partial charge in [0.1, 0.15) is 5.76 Å². The van der Waals surface area contributed by atoms with Gasteiger partial charge in [0.15, 0.2) is 0 Å². The SMILES string of the molecule is C[C@@H](NC(=O)C(=O)NCc1ccco1)[C@@H](c1cccs1)N1CCN(Cc2ccccc2)CC1. The van der Waals surface area contributed by atoms with E-state index in [1.54, 1.807) is 23.5 Å². The molecule has 3 heterocycles. The minimum atomic E-state index is -0.657. The number of carbonyl (C=O) groups excluding carboxylic acids is 2. The highest BCUT2D eigenvalue weighted by Crippen LogP contribution is 2.29. The minimum Gasteiger partial charge on any atom is -0.467 e. The third-order valence-electron chi connectivity index (χ3n) is 5.93. The number of furan rings is 1. The van der Waals surface area contributed by atoms with Crippen LogP contribution in [0.3, 0.4) is 0 Å². The summed E-state index contributed by atoms with van der Waals surface area (Å²) in [5, 5.41) is 7.58. The molecule has 2 amide bonds. The van der Waals surface area contributed by atoms with Crippen LogP contribution in [0.5, 0.6) is 0 Å². The lowest BCUT2D eigenvalue weighted by Crippen LogP contribution is -2.53. The largest absolute Gasteiger partial charge is 0.467 e. The first kappa shape index (κ1) is 23.2. The lowest BCUT2D eigenvalue weighted by Gasteiger charge is -2.41. The molecule has 1 aliphatic heterocycles. The number of thiophene rings is 1. The van der Waals surface area contributed by atoms with E-state index in [0.29, 0.717) is 5.76 Å². The molecule has 7 nitrogen and oxygen atoms in total. The molecule has 0 radical (unpaired) electrons.